The molecule has 8 heteroatoms. The lowest BCUT2D eigenvalue weighted by Crippen LogP contribution is -2.49. The van der Waals surface area contributed by atoms with Gasteiger partial charge in [-0.25, -0.2) is 9.07 Å². The minimum Gasteiger partial charge on any atom is -0.484 e. The zero-order valence-electron chi connectivity index (χ0n) is 22.5. The molecule has 0 atom stereocenters. The maximum atomic E-state index is 14.2. The molecule has 1 aromatic heterocycles. The number of anilines is 1. The standard InChI is InChI=1S/C29H38FN5O2/c1-21(2)32-14-16-33(17-15-32)29-27(23(5)31-35(29)25-11-9-10-24(30)18-25)19-34(22(3)4)28(36)20-37-26-12-7-6-8-13-26/h6-13,18,21-22H,14-17,19-20H2,1-5H3. The number of para-hydroxylation sites is 1. The minimum absolute atomic E-state index is 0.0329. The Hall–Kier alpha value is -3.39. The number of hydrogen-bond donors (Lipinski definition) is 0. The Morgan fingerprint density at radius 3 is 2.35 bits per heavy atom. The Morgan fingerprint density at radius 2 is 1.73 bits per heavy atom. The third kappa shape index (κ3) is 6.31. The van der Waals surface area contributed by atoms with Crippen molar-refractivity contribution in [1.29, 1.82) is 0 Å². The van der Waals surface area contributed by atoms with E-state index in [0.717, 1.165) is 43.3 Å². The molecule has 0 saturated carbocycles. The van der Waals surface area contributed by atoms with Crippen LogP contribution in [0.3, 0.4) is 0 Å². The number of carbonyl (C=O) groups is 1. The van der Waals surface area contributed by atoms with Crippen molar-refractivity contribution in [2.75, 3.05) is 37.7 Å². The first-order valence-corrected chi connectivity index (χ1v) is 13.1. The lowest BCUT2D eigenvalue weighted by molar-refractivity contribution is -0.135. The van der Waals surface area contributed by atoms with E-state index in [2.05, 4.69) is 23.6 Å². The van der Waals surface area contributed by atoms with Crippen molar-refractivity contribution in [2.45, 2.75) is 53.2 Å². The summed E-state index contributed by atoms with van der Waals surface area (Å²) in [6.07, 6.45) is 0. The first-order chi connectivity index (χ1) is 17.7. The molecule has 2 heterocycles. The number of benzene rings is 2. The van der Waals surface area contributed by atoms with Gasteiger partial charge in [0.2, 0.25) is 0 Å². The van der Waals surface area contributed by atoms with Crippen molar-refractivity contribution in [3.05, 3.63) is 71.7 Å². The molecular formula is C29H38FN5O2. The van der Waals surface area contributed by atoms with Gasteiger partial charge in [-0.2, -0.15) is 5.10 Å². The van der Waals surface area contributed by atoms with Crippen molar-refractivity contribution >= 4 is 11.7 Å². The van der Waals surface area contributed by atoms with Gasteiger partial charge >= 0.3 is 0 Å². The van der Waals surface area contributed by atoms with Gasteiger partial charge in [0.05, 0.1) is 17.9 Å². The van der Waals surface area contributed by atoms with Crippen molar-refractivity contribution in [2.24, 2.45) is 0 Å². The second kappa shape index (κ2) is 11.8. The smallest absolute Gasteiger partial charge is 0.261 e. The molecule has 4 rings (SSSR count). The zero-order chi connectivity index (χ0) is 26.5. The van der Waals surface area contributed by atoms with Gasteiger partial charge in [-0.15, -0.1) is 0 Å². The second-order valence-corrected chi connectivity index (χ2v) is 10.1. The summed E-state index contributed by atoms with van der Waals surface area (Å²) in [6.45, 7) is 14.3. The van der Waals surface area contributed by atoms with Crippen molar-refractivity contribution < 1.29 is 13.9 Å². The van der Waals surface area contributed by atoms with Crippen molar-refractivity contribution in [3.63, 3.8) is 0 Å². The minimum atomic E-state index is -0.306. The highest BCUT2D eigenvalue weighted by atomic mass is 19.1. The Labute approximate surface area is 219 Å². The van der Waals surface area contributed by atoms with E-state index in [1.54, 1.807) is 6.07 Å². The summed E-state index contributed by atoms with van der Waals surface area (Å²) < 4.78 is 21.8. The largest absolute Gasteiger partial charge is 0.484 e. The van der Waals surface area contributed by atoms with Gasteiger partial charge < -0.3 is 14.5 Å². The van der Waals surface area contributed by atoms with E-state index in [0.29, 0.717) is 24.0 Å². The normalized spacial score (nSPS) is 14.4. The van der Waals surface area contributed by atoms with Crippen LogP contribution in [0.2, 0.25) is 0 Å². The fraction of sp³-hybridized carbons (Fsp3) is 0.448. The molecule has 2 aromatic carbocycles. The highest BCUT2D eigenvalue weighted by Gasteiger charge is 2.29. The highest BCUT2D eigenvalue weighted by molar-refractivity contribution is 5.78. The molecule has 198 valence electrons. The lowest BCUT2D eigenvalue weighted by atomic mass is 10.1. The van der Waals surface area contributed by atoms with Crippen LogP contribution in [0.1, 0.15) is 39.0 Å². The molecule has 7 nitrogen and oxygen atoms in total. The number of nitrogens with zero attached hydrogens (tertiary/aromatic N) is 5. The van der Waals surface area contributed by atoms with Crippen molar-refractivity contribution in [1.82, 2.24) is 19.6 Å². The average Bonchev–Trinajstić information content (AvgIpc) is 3.22. The lowest BCUT2D eigenvalue weighted by Gasteiger charge is -2.39. The van der Waals surface area contributed by atoms with Crippen LogP contribution in [0.15, 0.2) is 54.6 Å². The molecule has 1 aliphatic heterocycles. The third-order valence-electron chi connectivity index (χ3n) is 6.93. The zero-order valence-corrected chi connectivity index (χ0v) is 22.5. The fourth-order valence-electron chi connectivity index (χ4n) is 4.77. The quantitative estimate of drug-likeness (QED) is 0.422. The predicted molar refractivity (Wildman–Crippen MR) is 145 cm³/mol. The van der Waals surface area contributed by atoms with Crippen LogP contribution in [0, 0.1) is 12.7 Å². The number of amides is 1. The van der Waals surface area contributed by atoms with Gasteiger partial charge in [-0.1, -0.05) is 24.3 Å². The van der Waals surface area contributed by atoms with Gasteiger partial charge in [-0.3, -0.25) is 9.69 Å². The van der Waals surface area contributed by atoms with Crippen molar-refractivity contribution in [3.8, 4) is 11.4 Å². The molecular weight excluding hydrogens is 469 g/mol. The Bertz CT molecular complexity index is 1190. The summed E-state index contributed by atoms with van der Waals surface area (Å²) in [7, 11) is 0. The van der Waals surface area contributed by atoms with E-state index in [1.165, 1.54) is 12.1 Å². The molecule has 3 aromatic rings. The summed E-state index contributed by atoms with van der Waals surface area (Å²) in [4.78, 5) is 19.9. The van der Waals surface area contributed by atoms with Crippen LogP contribution in [0.5, 0.6) is 5.75 Å². The molecule has 0 bridgehead atoms. The van der Waals surface area contributed by atoms with Crippen LogP contribution in [-0.4, -0.2) is 70.4 Å². The number of halogens is 1. The molecule has 1 saturated heterocycles. The summed E-state index contributed by atoms with van der Waals surface area (Å²) in [5.41, 5.74) is 2.47. The van der Waals surface area contributed by atoms with Gasteiger partial charge in [0.25, 0.3) is 5.91 Å². The van der Waals surface area contributed by atoms with Gasteiger partial charge in [-0.05, 0) is 65.0 Å². The molecule has 0 spiro atoms. The number of piperazine rings is 1. The first kappa shape index (κ1) is 26.7. The van der Waals surface area contributed by atoms with E-state index in [9.17, 15) is 9.18 Å². The maximum absolute atomic E-state index is 14.2. The Morgan fingerprint density at radius 1 is 1.03 bits per heavy atom. The number of ether oxygens (including phenoxy) is 1. The fourth-order valence-corrected chi connectivity index (χ4v) is 4.77. The third-order valence-corrected chi connectivity index (χ3v) is 6.93. The van der Waals surface area contributed by atoms with Gasteiger partial charge in [0, 0.05) is 43.8 Å². The Kier molecular flexibility index (Phi) is 8.48. The molecule has 1 aliphatic rings. The van der Waals surface area contributed by atoms with E-state index in [-0.39, 0.29) is 24.4 Å². The van der Waals surface area contributed by atoms with Crippen LogP contribution in [0.25, 0.3) is 5.69 Å². The average molecular weight is 508 g/mol. The summed E-state index contributed by atoms with van der Waals surface area (Å²) in [6, 6.07) is 16.3. The SMILES string of the molecule is Cc1nn(-c2cccc(F)c2)c(N2CCN(C(C)C)CC2)c1CN(C(=O)COc1ccccc1)C(C)C. The summed E-state index contributed by atoms with van der Waals surface area (Å²) in [5, 5.41) is 4.84. The van der Waals surface area contributed by atoms with Crippen LogP contribution < -0.4 is 9.64 Å². The molecule has 37 heavy (non-hydrogen) atoms. The molecule has 1 fully saturated rings. The number of aryl methyl sites for hydroxylation is 1. The number of hydrogen-bond acceptors (Lipinski definition) is 5. The van der Waals surface area contributed by atoms with E-state index in [4.69, 9.17) is 9.84 Å². The summed E-state index contributed by atoms with van der Waals surface area (Å²) in [5.74, 6) is 1.19. The van der Waals surface area contributed by atoms with Gasteiger partial charge in [0.15, 0.2) is 6.61 Å². The first-order valence-electron chi connectivity index (χ1n) is 13.1. The number of rotatable bonds is 9. The predicted octanol–water partition coefficient (Wildman–Crippen LogP) is 4.67. The Balaban J connectivity index is 1.65. The van der Waals surface area contributed by atoms with Crippen LogP contribution in [-0.2, 0) is 11.3 Å². The van der Waals surface area contributed by atoms with E-state index in [1.807, 2.05) is 66.8 Å². The molecule has 0 N–H and O–H groups in total. The number of aromatic nitrogens is 2. The highest BCUT2D eigenvalue weighted by Crippen LogP contribution is 2.30. The molecule has 0 radical (unpaired) electrons. The molecule has 0 aliphatic carbocycles. The molecule has 0 unspecified atom stereocenters. The molecule has 1 amide bonds. The number of carbonyl (C=O) groups excluding carboxylic acids is 1. The maximum Gasteiger partial charge on any atom is 0.261 e. The van der Waals surface area contributed by atoms with E-state index >= 15 is 0 Å². The van der Waals surface area contributed by atoms with Crippen LogP contribution in [0.4, 0.5) is 10.2 Å². The van der Waals surface area contributed by atoms with Gasteiger partial charge in [0.1, 0.15) is 17.4 Å². The second-order valence-electron chi connectivity index (χ2n) is 10.1. The monoisotopic (exact) mass is 507 g/mol. The van der Waals surface area contributed by atoms with Crippen LogP contribution >= 0.6 is 0 Å². The topological polar surface area (TPSA) is 53.8 Å². The summed E-state index contributed by atoms with van der Waals surface area (Å²) >= 11 is 0. The van der Waals surface area contributed by atoms with E-state index < -0.39 is 0 Å².